The zero-order valence-corrected chi connectivity index (χ0v) is 10.1. The first-order chi connectivity index (χ1) is 9.24. The summed E-state index contributed by atoms with van der Waals surface area (Å²) in [7, 11) is 0. The SMILES string of the molecule is O=C(NCCc1cccc(F)c1)Nc1ncccn1. The molecule has 0 aliphatic heterocycles. The summed E-state index contributed by atoms with van der Waals surface area (Å²) in [6.07, 6.45) is 3.63. The second-order valence-corrected chi connectivity index (χ2v) is 3.83. The molecule has 0 radical (unpaired) electrons. The van der Waals surface area contributed by atoms with Crippen molar-refractivity contribution >= 4 is 12.0 Å². The topological polar surface area (TPSA) is 66.9 Å². The van der Waals surface area contributed by atoms with E-state index in [1.807, 2.05) is 6.07 Å². The fourth-order valence-electron chi connectivity index (χ4n) is 1.52. The number of carbonyl (C=O) groups is 1. The Labute approximate surface area is 109 Å². The van der Waals surface area contributed by atoms with Crippen LogP contribution < -0.4 is 10.6 Å². The van der Waals surface area contributed by atoms with Gasteiger partial charge in [0.2, 0.25) is 5.95 Å². The Morgan fingerprint density at radius 1 is 1.21 bits per heavy atom. The van der Waals surface area contributed by atoms with Gasteiger partial charge in [-0.1, -0.05) is 12.1 Å². The van der Waals surface area contributed by atoms with E-state index in [-0.39, 0.29) is 17.8 Å². The Morgan fingerprint density at radius 2 is 2.00 bits per heavy atom. The van der Waals surface area contributed by atoms with Crippen molar-refractivity contribution in [1.29, 1.82) is 0 Å². The molecule has 0 bridgehead atoms. The predicted molar refractivity (Wildman–Crippen MR) is 69.2 cm³/mol. The highest BCUT2D eigenvalue weighted by Crippen LogP contribution is 2.03. The van der Waals surface area contributed by atoms with E-state index in [0.717, 1.165) is 5.56 Å². The quantitative estimate of drug-likeness (QED) is 0.883. The number of benzene rings is 1. The summed E-state index contributed by atoms with van der Waals surface area (Å²) in [5, 5.41) is 5.14. The Balaban J connectivity index is 1.75. The van der Waals surface area contributed by atoms with Crippen LogP contribution in [0.5, 0.6) is 0 Å². The van der Waals surface area contributed by atoms with Crippen LogP contribution in [0.15, 0.2) is 42.7 Å². The third-order valence-electron chi connectivity index (χ3n) is 2.38. The van der Waals surface area contributed by atoms with E-state index in [0.29, 0.717) is 13.0 Å². The molecule has 0 atom stereocenters. The molecule has 19 heavy (non-hydrogen) atoms. The summed E-state index contributed by atoms with van der Waals surface area (Å²) >= 11 is 0. The second-order valence-electron chi connectivity index (χ2n) is 3.83. The fraction of sp³-hybridized carbons (Fsp3) is 0.154. The Morgan fingerprint density at radius 3 is 2.74 bits per heavy atom. The van der Waals surface area contributed by atoms with Gasteiger partial charge in [0.1, 0.15) is 5.82 Å². The fourth-order valence-corrected chi connectivity index (χ4v) is 1.52. The average molecular weight is 260 g/mol. The average Bonchev–Trinajstić information content (AvgIpc) is 2.40. The molecule has 1 heterocycles. The van der Waals surface area contributed by atoms with Crippen LogP contribution in [-0.2, 0) is 6.42 Å². The standard InChI is InChI=1S/C13H13FN4O/c14-11-4-1-3-10(9-11)5-8-17-13(19)18-12-15-6-2-7-16-12/h1-4,6-7,9H,5,8H2,(H2,15,16,17,18,19). The number of hydrogen-bond acceptors (Lipinski definition) is 3. The van der Waals surface area contributed by atoms with Crippen molar-refractivity contribution in [2.24, 2.45) is 0 Å². The molecule has 1 aromatic heterocycles. The van der Waals surface area contributed by atoms with Crippen molar-refractivity contribution < 1.29 is 9.18 Å². The van der Waals surface area contributed by atoms with E-state index in [1.54, 1.807) is 12.1 Å². The zero-order valence-electron chi connectivity index (χ0n) is 10.1. The van der Waals surface area contributed by atoms with Gasteiger partial charge in [-0.15, -0.1) is 0 Å². The number of nitrogens with zero attached hydrogens (tertiary/aromatic N) is 2. The Kier molecular flexibility index (Phi) is 4.39. The van der Waals surface area contributed by atoms with Crippen molar-refractivity contribution in [1.82, 2.24) is 15.3 Å². The number of carbonyl (C=O) groups excluding carboxylic acids is 1. The predicted octanol–water partition coefficient (Wildman–Crippen LogP) is 1.98. The van der Waals surface area contributed by atoms with Crippen LogP contribution in [-0.4, -0.2) is 22.5 Å². The Bertz CT molecular complexity index is 547. The molecule has 1 aromatic carbocycles. The summed E-state index contributed by atoms with van der Waals surface area (Å²) in [5.74, 6) is -0.0367. The third kappa shape index (κ3) is 4.34. The minimum Gasteiger partial charge on any atom is -0.337 e. The highest BCUT2D eigenvalue weighted by atomic mass is 19.1. The number of aromatic nitrogens is 2. The molecule has 2 amide bonds. The summed E-state index contributed by atoms with van der Waals surface area (Å²) in [4.78, 5) is 19.2. The highest BCUT2D eigenvalue weighted by Gasteiger charge is 2.02. The molecule has 0 spiro atoms. The molecule has 2 rings (SSSR count). The maximum Gasteiger partial charge on any atom is 0.321 e. The highest BCUT2D eigenvalue weighted by molar-refractivity contribution is 5.87. The summed E-state index contributed by atoms with van der Waals surface area (Å²) in [6, 6.07) is 7.55. The molecule has 6 heteroatoms. The van der Waals surface area contributed by atoms with E-state index in [9.17, 15) is 9.18 Å². The lowest BCUT2D eigenvalue weighted by Crippen LogP contribution is -2.31. The molecule has 0 saturated heterocycles. The van der Waals surface area contributed by atoms with Gasteiger partial charge < -0.3 is 5.32 Å². The summed E-state index contributed by atoms with van der Waals surface area (Å²) in [6.45, 7) is 0.405. The van der Waals surface area contributed by atoms with Crippen LogP contribution in [0.1, 0.15) is 5.56 Å². The molecule has 2 aromatic rings. The van der Waals surface area contributed by atoms with Crippen LogP contribution in [0, 0.1) is 5.82 Å². The second kappa shape index (κ2) is 6.44. The van der Waals surface area contributed by atoms with E-state index >= 15 is 0 Å². The maximum atomic E-state index is 12.9. The lowest BCUT2D eigenvalue weighted by molar-refractivity contribution is 0.252. The van der Waals surface area contributed by atoms with Crippen molar-refractivity contribution in [2.45, 2.75) is 6.42 Å². The van der Waals surface area contributed by atoms with Gasteiger partial charge in [-0.2, -0.15) is 0 Å². The van der Waals surface area contributed by atoms with Gasteiger partial charge >= 0.3 is 6.03 Å². The number of halogens is 1. The minimum atomic E-state index is -0.386. The monoisotopic (exact) mass is 260 g/mol. The van der Waals surface area contributed by atoms with E-state index in [2.05, 4.69) is 20.6 Å². The van der Waals surface area contributed by atoms with Gasteiger partial charge in [0.15, 0.2) is 0 Å². The first-order valence-corrected chi connectivity index (χ1v) is 5.80. The molecular weight excluding hydrogens is 247 g/mol. The van der Waals surface area contributed by atoms with Crippen molar-refractivity contribution in [2.75, 3.05) is 11.9 Å². The van der Waals surface area contributed by atoms with Crippen LogP contribution >= 0.6 is 0 Å². The first-order valence-electron chi connectivity index (χ1n) is 5.80. The van der Waals surface area contributed by atoms with Crippen molar-refractivity contribution in [3.63, 3.8) is 0 Å². The summed E-state index contributed by atoms with van der Waals surface area (Å²) < 4.78 is 12.9. The summed E-state index contributed by atoms with van der Waals surface area (Å²) in [5.41, 5.74) is 0.830. The zero-order chi connectivity index (χ0) is 13.5. The van der Waals surface area contributed by atoms with Gasteiger partial charge in [-0.3, -0.25) is 5.32 Å². The van der Waals surface area contributed by atoms with E-state index in [1.165, 1.54) is 24.5 Å². The van der Waals surface area contributed by atoms with Crippen LogP contribution in [0.2, 0.25) is 0 Å². The molecule has 5 nitrogen and oxygen atoms in total. The van der Waals surface area contributed by atoms with Gasteiger partial charge in [0, 0.05) is 18.9 Å². The number of urea groups is 1. The molecule has 0 aliphatic rings. The molecular formula is C13H13FN4O. The molecule has 0 aliphatic carbocycles. The van der Waals surface area contributed by atoms with Gasteiger partial charge in [0.25, 0.3) is 0 Å². The number of hydrogen-bond donors (Lipinski definition) is 2. The number of nitrogens with one attached hydrogen (secondary N) is 2. The first kappa shape index (κ1) is 12.9. The number of anilines is 1. The van der Waals surface area contributed by atoms with Crippen molar-refractivity contribution in [3.05, 3.63) is 54.1 Å². The number of amides is 2. The van der Waals surface area contributed by atoms with E-state index < -0.39 is 0 Å². The molecule has 0 saturated carbocycles. The molecule has 0 fully saturated rings. The molecule has 2 N–H and O–H groups in total. The smallest absolute Gasteiger partial charge is 0.321 e. The normalized spacial score (nSPS) is 9.95. The number of rotatable bonds is 4. The van der Waals surface area contributed by atoms with Gasteiger partial charge in [-0.25, -0.2) is 19.2 Å². The van der Waals surface area contributed by atoms with Crippen LogP contribution in [0.4, 0.5) is 15.1 Å². The van der Waals surface area contributed by atoms with E-state index in [4.69, 9.17) is 0 Å². The lowest BCUT2D eigenvalue weighted by atomic mass is 10.1. The molecule has 98 valence electrons. The van der Waals surface area contributed by atoms with Gasteiger partial charge in [0.05, 0.1) is 0 Å². The molecule has 0 unspecified atom stereocenters. The van der Waals surface area contributed by atoms with Gasteiger partial charge in [-0.05, 0) is 30.2 Å². The van der Waals surface area contributed by atoms with Crippen molar-refractivity contribution in [3.8, 4) is 0 Å². The third-order valence-corrected chi connectivity index (χ3v) is 2.38. The Hall–Kier alpha value is -2.50. The van der Waals surface area contributed by atoms with Crippen LogP contribution in [0.3, 0.4) is 0 Å². The minimum absolute atomic E-state index is 0.241. The maximum absolute atomic E-state index is 12.9. The van der Waals surface area contributed by atoms with Crippen LogP contribution in [0.25, 0.3) is 0 Å². The largest absolute Gasteiger partial charge is 0.337 e. The lowest BCUT2D eigenvalue weighted by Gasteiger charge is -2.06.